The Morgan fingerprint density at radius 2 is 2.20 bits per heavy atom. The van der Waals surface area contributed by atoms with Gasteiger partial charge in [0.1, 0.15) is 11.6 Å². The highest BCUT2D eigenvalue weighted by molar-refractivity contribution is 5.92. The zero-order valence-electron chi connectivity index (χ0n) is 11.6. The molecule has 2 rings (SSSR count). The SMILES string of the molecule is CC1(C)CN(CC(=O)Nc2cc(F)ccc2F)CCO1. The lowest BCUT2D eigenvalue weighted by Crippen LogP contribution is -2.50. The second-order valence-electron chi connectivity index (χ2n) is 5.49. The summed E-state index contributed by atoms with van der Waals surface area (Å²) < 4.78 is 32.0. The van der Waals surface area contributed by atoms with Gasteiger partial charge in [-0.1, -0.05) is 0 Å². The number of carbonyl (C=O) groups excluding carboxylic acids is 1. The Morgan fingerprint density at radius 1 is 1.45 bits per heavy atom. The fourth-order valence-electron chi connectivity index (χ4n) is 2.24. The highest BCUT2D eigenvalue weighted by Gasteiger charge is 2.28. The van der Waals surface area contributed by atoms with Gasteiger partial charge in [0.25, 0.3) is 0 Å². The van der Waals surface area contributed by atoms with Gasteiger partial charge in [-0.25, -0.2) is 8.78 Å². The van der Waals surface area contributed by atoms with E-state index >= 15 is 0 Å². The maximum absolute atomic E-state index is 13.4. The van der Waals surface area contributed by atoms with Gasteiger partial charge in [-0.2, -0.15) is 0 Å². The molecule has 1 saturated heterocycles. The van der Waals surface area contributed by atoms with Gasteiger partial charge in [-0.05, 0) is 26.0 Å². The lowest BCUT2D eigenvalue weighted by molar-refractivity contribution is -0.122. The molecule has 1 aliphatic heterocycles. The van der Waals surface area contributed by atoms with Crippen molar-refractivity contribution in [2.45, 2.75) is 19.4 Å². The van der Waals surface area contributed by atoms with Crippen LogP contribution in [0.2, 0.25) is 0 Å². The summed E-state index contributed by atoms with van der Waals surface area (Å²) in [4.78, 5) is 13.8. The average Bonchev–Trinajstić information content (AvgIpc) is 2.32. The van der Waals surface area contributed by atoms with Crippen LogP contribution in [0.5, 0.6) is 0 Å². The minimum absolute atomic E-state index is 0.128. The van der Waals surface area contributed by atoms with Gasteiger partial charge in [-0.15, -0.1) is 0 Å². The first-order chi connectivity index (χ1) is 9.35. The van der Waals surface area contributed by atoms with Crippen LogP contribution in [-0.4, -0.2) is 42.6 Å². The number of rotatable bonds is 3. The number of nitrogens with one attached hydrogen (secondary N) is 1. The number of morpholine rings is 1. The fraction of sp³-hybridized carbons (Fsp3) is 0.500. The molecule has 0 aromatic heterocycles. The van der Waals surface area contributed by atoms with Gasteiger partial charge < -0.3 is 10.1 Å². The van der Waals surface area contributed by atoms with Crippen LogP contribution in [0.4, 0.5) is 14.5 Å². The zero-order chi connectivity index (χ0) is 14.8. The third-order valence-electron chi connectivity index (χ3n) is 3.07. The van der Waals surface area contributed by atoms with Crippen LogP contribution in [0, 0.1) is 11.6 Å². The lowest BCUT2D eigenvalue weighted by atomic mass is 10.1. The first-order valence-corrected chi connectivity index (χ1v) is 6.47. The molecule has 0 atom stereocenters. The third-order valence-corrected chi connectivity index (χ3v) is 3.07. The summed E-state index contributed by atoms with van der Waals surface area (Å²) in [6.07, 6.45) is 0. The molecule has 20 heavy (non-hydrogen) atoms. The van der Waals surface area contributed by atoms with Crippen molar-refractivity contribution in [1.82, 2.24) is 4.90 Å². The molecular weight excluding hydrogens is 266 g/mol. The first kappa shape index (κ1) is 14.9. The number of amides is 1. The Labute approximate surface area is 116 Å². The van der Waals surface area contributed by atoms with E-state index in [0.717, 1.165) is 18.2 Å². The largest absolute Gasteiger partial charge is 0.373 e. The van der Waals surface area contributed by atoms with Crippen LogP contribution in [0.15, 0.2) is 18.2 Å². The first-order valence-electron chi connectivity index (χ1n) is 6.47. The second-order valence-corrected chi connectivity index (χ2v) is 5.49. The van der Waals surface area contributed by atoms with E-state index in [1.807, 2.05) is 18.7 Å². The molecule has 6 heteroatoms. The molecule has 0 spiro atoms. The van der Waals surface area contributed by atoms with Crippen molar-refractivity contribution in [2.75, 3.05) is 31.6 Å². The molecule has 0 unspecified atom stereocenters. The second kappa shape index (κ2) is 5.85. The van der Waals surface area contributed by atoms with Crippen molar-refractivity contribution < 1.29 is 18.3 Å². The van der Waals surface area contributed by atoms with Gasteiger partial charge in [0.15, 0.2) is 0 Å². The molecule has 4 nitrogen and oxygen atoms in total. The maximum Gasteiger partial charge on any atom is 0.238 e. The number of carbonyl (C=O) groups is 1. The Morgan fingerprint density at radius 3 is 2.90 bits per heavy atom. The van der Waals surface area contributed by atoms with Crippen LogP contribution < -0.4 is 5.32 Å². The minimum atomic E-state index is -0.651. The molecule has 1 aliphatic rings. The number of nitrogens with zero attached hydrogens (tertiary/aromatic N) is 1. The Balaban J connectivity index is 1.94. The molecule has 0 aliphatic carbocycles. The zero-order valence-corrected chi connectivity index (χ0v) is 11.6. The Kier molecular flexibility index (Phi) is 4.35. The van der Waals surface area contributed by atoms with Gasteiger partial charge in [0, 0.05) is 19.2 Å². The molecule has 1 N–H and O–H groups in total. The number of anilines is 1. The summed E-state index contributed by atoms with van der Waals surface area (Å²) in [5.74, 6) is -1.61. The molecule has 0 bridgehead atoms. The predicted molar refractivity (Wildman–Crippen MR) is 71.5 cm³/mol. The number of halogens is 2. The fourth-order valence-corrected chi connectivity index (χ4v) is 2.24. The van der Waals surface area contributed by atoms with E-state index in [4.69, 9.17) is 4.74 Å². The van der Waals surface area contributed by atoms with Crippen LogP contribution in [0.25, 0.3) is 0 Å². The molecule has 1 aromatic rings. The van der Waals surface area contributed by atoms with Crippen molar-refractivity contribution in [2.24, 2.45) is 0 Å². The van der Waals surface area contributed by atoms with E-state index in [0.29, 0.717) is 19.7 Å². The van der Waals surface area contributed by atoms with Crippen molar-refractivity contribution in [3.63, 3.8) is 0 Å². The van der Waals surface area contributed by atoms with Crippen LogP contribution >= 0.6 is 0 Å². The number of ether oxygens (including phenoxy) is 1. The summed E-state index contributed by atoms with van der Waals surface area (Å²) >= 11 is 0. The highest BCUT2D eigenvalue weighted by Crippen LogP contribution is 2.17. The standard InChI is InChI=1S/C14H18F2N2O2/c1-14(2)9-18(5-6-20-14)8-13(19)17-12-7-10(15)3-4-11(12)16/h3-4,7H,5-6,8-9H2,1-2H3,(H,17,19). The maximum atomic E-state index is 13.4. The van der Waals surface area contributed by atoms with E-state index in [1.54, 1.807) is 0 Å². The van der Waals surface area contributed by atoms with Crippen molar-refractivity contribution in [3.05, 3.63) is 29.8 Å². The molecular formula is C14H18F2N2O2. The summed E-state index contributed by atoms with van der Waals surface area (Å²) in [5.41, 5.74) is -0.439. The lowest BCUT2D eigenvalue weighted by Gasteiger charge is -2.37. The monoisotopic (exact) mass is 284 g/mol. The number of benzene rings is 1. The van der Waals surface area contributed by atoms with Gasteiger partial charge in [0.2, 0.25) is 5.91 Å². The summed E-state index contributed by atoms with van der Waals surface area (Å²) in [7, 11) is 0. The smallest absolute Gasteiger partial charge is 0.238 e. The van der Waals surface area contributed by atoms with Crippen LogP contribution in [0.1, 0.15) is 13.8 Å². The third kappa shape index (κ3) is 3.98. The van der Waals surface area contributed by atoms with E-state index in [9.17, 15) is 13.6 Å². The minimum Gasteiger partial charge on any atom is -0.373 e. The number of hydrogen-bond donors (Lipinski definition) is 1. The van der Waals surface area contributed by atoms with Gasteiger partial charge >= 0.3 is 0 Å². The molecule has 1 heterocycles. The molecule has 1 amide bonds. The van der Waals surface area contributed by atoms with Crippen molar-refractivity contribution >= 4 is 11.6 Å². The summed E-state index contributed by atoms with van der Waals surface area (Å²) in [6, 6.07) is 2.97. The topological polar surface area (TPSA) is 41.6 Å². The molecule has 1 fully saturated rings. The van der Waals surface area contributed by atoms with E-state index < -0.39 is 11.6 Å². The van der Waals surface area contributed by atoms with E-state index in [1.165, 1.54) is 0 Å². The van der Waals surface area contributed by atoms with E-state index in [2.05, 4.69) is 5.32 Å². The van der Waals surface area contributed by atoms with Crippen LogP contribution in [0.3, 0.4) is 0 Å². The molecule has 0 saturated carbocycles. The summed E-state index contributed by atoms with van der Waals surface area (Å²) in [6.45, 7) is 5.83. The average molecular weight is 284 g/mol. The Bertz CT molecular complexity index is 506. The van der Waals surface area contributed by atoms with E-state index in [-0.39, 0.29) is 23.7 Å². The highest BCUT2D eigenvalue weighted by atomic mass is 19.1. The molecule has 1 aromatic carbocycles. The normalized spacial score (nSPS) is 18.8. The summed E-state index contributed by atoms with van der Waals surface area (Å²) in [5, 5.41) is 2.39. The molecule has 0 radical (unpaired) electrons. The quantitative estimate of drug-likeness (QED) is 0.923. The predicted octanol–water partition coefficient (Wildman–Crippen LogP) is 2.01. The van der Waals surface area contributed by atoms with Gasteiger partial charge in [0.05, 0.1) is 24.4 Å². The number of hydrogen-bond acceptors (Lipinski definition) is 3. The van der Waals surface area contributed by atoms with Crippen molar-refractivity contribution in [3.8, 4) is 0 Å². The Hall–Kier alpha value is -1.53. The van der Waals surface area contributed by atoms with Crippen molar-refractivity contribution in [1.29, 1.82) is 0 Å². The van der Waals surface area contributed by atoms with Crippen LogP contribution in [-0.2, 0) is 9.53 Å². The van der Waals surface area contributed by atoms with Gasteiger partial charge in [-0.3, -0.25) is 9.69 Å². The molecule has 110 valence electrons.